The van der Waals surface area contributed by atoms with Gasteiger partial charge in [-0.2, -0.15) is 0 Å². The fraction of sp³-hybridized carbons (Fsp3) is 0.219. The molecule has 0 radical (unpaired) electrons. The molecule has 44 heavy (non-hydrogen) atoms. The second kappa shape index (κ2) is 17.2. The highest BCUT2D eigenvalue weighted by Gasteiger charge is 2.40. The maximum absolute atomic E-state index is 6.65. The van der Waals surface area contributed by atoms with Crippen molar-refractivity contribution in [3.63, 3.8) is 0 Å². The van der Waals surface area contributed by atoms with E-state index in [4.69, 9.17) is 45.1 Å². The maximum Gasteiger partial charge on any atom is 0.327 e. The molecule has 3 atom stereocenters. The lowest BCUT2D eigenvalue weighted by molar-refractivity contribution is 0.244. The summed E-state index contributed by atoms with van der Waals surface area (Å²) in [6, 6.07) is 32.9. The third-order valence-corrected chi connectivity index (χ3v) is 19.2. The lowest BCUT2D eigenvalue weighted by Gasteiger charge is -2.30. The minimum Gasteiger partial charge on any atom is -0.448 e. The van der Waals surface area contributed by atoms with E-state index in [0.29, 0.717) is 17.2 Å². The summed E-state index contributed by atoms with van der Waals surface area (Å²) in [5, 5.41) is 3.55. The van der Waals surface area contributed by atoms with E-state index in [-0.39, 0.29) is 6.56 Å². The summed E-state index contributed by atoms with van der Waals surface area (Å²) in [7, 11) is 0. The van der Waals surface area contributed by atoms with E-state index >= 15 is 0 Å². The zero-order valence-electron chi connectivity index (χ0n) is 24.8. The minimum atomic E-state index is -2.41. The summed E-state index contributed by atoms with van der Waals surface area (Å²) < 4.78 is 9.84. The van der Waals surface area contributed by atoms with Gasteiger partial charge in [0.25, 0.3) is 0 Å². The van der Waals surface area contributed by atoms with Crippen molar-refractivity contribution >= 4 is 98.0 Å². The Labute approximate surface area is 295 Å². The molecule has 230 valence electrons. The number of hydrogen-bond acceptors (Lipinski definition) is 9. The quantitative estimate of drug-likeness (QED) is 0.0548. The molecule has 4 aromatic rings. The van der Waals surface area contributed by atoms with Crippen LogP contribution in [-0.4, -0.2) is 15.1 Å². The SMILES string of the molecule is Cc1ccc(OC(NC(=S)CCSP(=S)(Oc2ccc(C)cc2)Sc2ccc(C)cc2)(S[PH+]=S)Sc2ccc(C)cc2)cc1. The molecule has 0 saturated heterocycles. The summed E-state index contributed by atoms with van der Waals surface area (Å²) in [6.45, 7) is 8.45. The zero-order valence-corrected chi connectivity index (χ0v) is 32.4. The number of ether oxygens (including phenoxy) is 1. The smallest absolute Gasteiger partial charge is 0.327 e. The number of nitrogens with one attached hydrogen (secondary N) is 1. The van der Waals surface area contributed by atoms with Gasteiger partial charge in [-0.25, -0.2) is 0 Å². The summed E-state index contributed by atoms with van der Waals surface area (Å²) >= 11 is 24.1. The molecule has 3 nitrogen and oxygen atoms in total. The molecule has 0 aliphatic rings. The topological polar surface area (TPSA) is 30.5 Å². The molecular weight excluding hydrogens is 717 g/mol. The van der Waals surface area contributed by atoms with Crippen LogP contribution in [0, 0.1) is 27.7 Å². The summed E-state index contributed by atoms with van der Waals surface area (Å²) in [4.78, 5) is 2.84. The van der Waals surface area contributed by atoms with Crippen molar-refractivity contribution in [2.45, 2.75) is 48.3 Å². The molecule has 0 fully saturated rings. The predicted molar refractivity (Wildman–Crippen MR) is 211 cm³/mol. The number of thioether (sulfide) groups is 1. The Morgan fingerprint density at radius 1 is 0.750 bits per heavy atom. The van der Waals surface area contributed by atoms with Crippen LogP contribution in [0.5, 0.6) is 11.5 Å². The van der Waals surface area contributed by atoms with Crippen LogP contribution in [0.2, 0.25) is 0 Å². The van der Waals surface area contributed by atoms with E-state index in [2.05, 4.69) is 81.5 Å². The number of hydrogen-bond donors (Lipinski definition) is 1. The molecule has 3 unspecified atom stereocenters. The lowest BCUT2D eigenvalue weighted by Crippen LogP contribution is -2.46. The Balaban J connectivity index is 1.50. The Hall–Kier alpha value is -1.06. The van der Waals surface area contributed by atoms with Crippen LogP contribution in [0.15, 0.2) is 107 Å². The molecule has 0 spiro atoms. The molecule has 0 heterocycles. The monoisotopic (exact) mass is 750 g/mol. The summed E-state index contributed by atoms with van der Waals surface area (Å²) in [5.41, 5.74) is 4.76. The number of aryl methyl sites for hydroxylation is 4. The van der Waals surface area contributed by atoms with E-state index in [1.807, 2.05) is 48.5 Å². The normalized spacial score (nSPS) is 13.9. The van der Waals surface area contributed by atoms with Crippen LogP contribution in [0.3, 0.4) is 0 Å². The van der Waals surface area contributed by atoms with Gasteiger partial charge in [0.1, 0.15) is 11.5 Å². The Bertz CT molecular complexity index is 1480. The standard InChI is InChI=1S/C32H33NO2P2S7/c1-23-5-13-27(14-6-23)34-32(44-36-39,42-29-17-9-25(3)10-18-29)33-31(38)21-22-41-37(40,35-28-15-7-24(2)8-16-28)43-30-19-11-26(4)12-20-30/h5-20H,21-22H2,1-4H3,(H,33,38)/p+1. The van der Waals surface area contributed by atoms with Crippen molar-refractivity contribution in [3.05, 3.63) is 119 Å². The number of benzene rings is 4. The van der Waals surface area contributed by atoms with Crippen molar-refractivity contribution < 1.29 is 9.26 Å². The highest BCUT2D eigenvalue weighted by atomic mass is 33.2. The van der Waals surface area contributed by atoms with Gasteiger partial charge in [0, 0.05) is 22.0 Å². The van der Waals surface area contributed by atoms with Gasteiger partial charge in [0.2, 0.25) is 11.2 Å². The van der Waals surface area contributed by atoms with Gasteiger partial charge in [-0.3, -0.25) is 0 Å². The highest BCUT2D eigenvalue weighted by Crippen LogP contribution is 2.71. The molecule has 12 heteroatoms. The van der Waals surface area contributed by atoms with Crippen molar-refractivity contribution in [2.75, 3.05) is 5.75 Å². The van der Waals surface area contributed by atoms with Crippen molar-refractivity contribution in [1.82, 2.24) is 5.32 Å². The van der Waals surface area contributed by atoms with Crippen molar-refractivity contribution in [3.8, 4) is 11.5 Å². The zero-order chi connectivity index (χ0) is 31.6. The third kappa shape index (κ3) is 11.6. The highest BCUT2D eigenvalue weighted by molar-refractivity contribution is 8.99. The third-order valence-electron chi connectivity index (χ3n) is 6.07. The first-order chi connectivity index (χ1) is 21.1. The maximum atomic E-state index is 6.65. The fourth-order valence-corrected chi connectivity index (χ4v) is 17.1. The van der Waals surface area contributed by atoms with Gasteiger partial charge in [0.15, 0.2) is 23.2 Å². The van der Waals surface area contributed by atoms with Crippen molar-refractivity contribution in [1.29, 1.82) is 0 Å². The number of thiocarbonyl (C=S) groups is 1. The van der Waals surface area contributed by atoms with E-state index in [9.17, 15) is 0 Å². The average Bonchev–Trinajstić information content (AvgIpc) is 2.98. The number of rotatable bonds is 15. The molecule has 0 saturated carbocycles. The Kier molecular flexibility index (Phi) is 14.0. The van der Waals surface area contributed by atoms with Gasteiger partial charge >= 0.3 is 4.39 Å². The average molecular weight is 751 g/mol. The molecule has 0 bridgehead atoms. The van der Waals surface area contributed by atoms with Crippen molar-refractivity contribution in [2.24, 2.45) is 0 Å². The first-order valence-corrected chi connectivity index (χ1v) is 24.3. The van der Waals surface area contributed by atoms with Crippen LogP contribution in [0.25, 0.3) is 0 Å². The Morgan fingerprint density at radius 2 is 1.23 bits per heavy atom. The first kappa shape index (κ1) is 35.8. The molecular formula is C32H34NO2P2S7+. The van der Waals surface area contributed by atoms with E-state index in [1.165, 1.54) is 33.6 Å². The molecule has 1 N–H and O–H groups in total. The molecule has 4 rings (SSSR count). The molecule has 4 aromatic carbocycles. The van der Waals surface area contributed by atoms with Crippen LogP contribution >= 0.6 is 69.4 Å². The van der Waals surface area contributed by atoms with Gasteiger partial charge in [-0.05, 0) is 111 Å². The molecule has 0 aliphatic carbocycles. The van der Waals surface area contributed by atoms with Gasteiger partial charge in [-0.1, -0.05) is 94.4 Å². The van der Waals surface area contributed by atoms with Gasteiger partial charge < -0.3 is 14.6 Å². The van der Waals surface area contributed by atoms with E-state index < -0.39 is 9.06 Å². The van der Waals surface area contributed by atoms with Crippen LogP contribution in [0.4, 0.5) is 0 Å². The largest absolute Gasteiger partial charge is 0.448 e. The van der Waals surface area contributed by atoms with Crippen LogP contribution in [-0.2, 0) is 23.6 Å². The molecule has 0 aromatic heterocycles. The predicted octanol–water partition coefficient (Wildman–Crippen LogP) is 11.6. The summed E-state index contributed by atoms with van der Waals surface area (Å²) in [5.74, 6) is 2.23. The second-order valence-corrected chi connectivity index (χ2v) is 25.9. The van der Waals surface area contributed by atoms with E-state index in [0.717, 1.165) is 21.3 Å². The lowest BCUT2D eigenvalue weighted by atomic mass is 10.2. The van der Waals surface area contributed by atoms with Gasteiger partial charge in [0.05, 0.1) is 4.99 Å². The van der Waals surface area contributed by atoms with E-state index in [1.54, 1.807) is 34.5 Å². The minimum absolute atomic E-state index is 0.159. The van der Waals surface area contributed by atoms with Gasteiger partial charge in [-0.15, -0.1) is 0 Å². The van der Waals surface area contributed by atoms with Crippen LogP contribution in [0.1, 0.15) is 28.7 Å². The summed E-state index contributed by atoms with van der Waals surface area (Å²) in [6.07, 6.45) is 0.610. The fourth-order valence-electron chi connectivity index (χ4n) is 3.73. The molecule has 0 amide bonds. The molecule has 0 aliphatic heterocycles. The van der Waals surface area contributed by atoms with Crippen LogP contribution < -0.4 is 14.6 Å². The Morgan fingerprint density at radius 3 is 1.75 bits per heavy atom. The first-order valence-electron chi connectivity index (χ1n) is 13.7. The second-order valence-electron chi connectivity index (χ2n) is 9.96.